The molecule has 20 heavy (non-hydrogen) atoms. The van der Waals surface area contributed by atoms with Crippen LogP contribution < -0.4 is 14.2 Å². The van der Waals surface area contributed by atoms with Crippen molar-refractivity contribution < 1.29 is 17.9 Å². The lowest BCUT2D eigenvalue weighted by atomic mass is 10.3. The fourth-order valence-electron chi connectivity index (χ4n) is 1.80. The number of hydrogen-bond donors (Lipinski definition) is 1. The molecule has 106 valence electrons. The summed E-state index contributed by atoms with van der Waals surface area (Å²) in [7, 11) is -3.54. The Morgan fingerprint density at radius 2 is 2.15 bits per heavy atom. The molecule has 0 saturated carbocycles. The first-order chi connectivity index (χ1) is 9.65. The van der Waals surface area contributed by atoms with E-state index in [1.165, 1.54) is 23.5 Å². The Hall–Kier alpha value is -1.64. The summed E-state index contributed by atoms with van der Waals surface area (Å²) in [6.45, 7) is 0.455. The Balaban J connectivity index is 1.68. The van der Waals surface area contributed by atoms with Gasteiger partial charge in [0, 0.05) is 23.7 Å². The lowest BCUT2D eigenvalue weighted by molar-refractivity contribution is 0.174. The quantitative estimate of drug-likeness (QED) is 0.903. The third-order valence-corrected chi connectivity index (χ3v) is 5.10. The Morgan fingerprint density at radius 3 is 2.95 bits per heavy atom. The number of rotatable bonds is 5. The van der Waals surface area contributed by atoms with Crippen molar-refractivity contribution in [2.75, 3.05) is 13.3 Å². The minimum Gasteiger partial charge on any atom is -0.454 e. The lowest BCUT2D eigenvalue weighted by Gasteiger charge is -2.06. The molecule has 0 saturated heterocycles. The van der Waals surface area contributed by atoms with Crippen molar-refractivity contribution in [3.05, 3.63) is 34.8 Å². The first-order valence-corrected chi connectivity index (χ1v) is 8.28. The molecular weight excluding hydrogens is 300 g/mol. The Kier molecular flexibility index (Phi) is 3.60. The van der Waals surface area contributed by atoms with Crippen LogP contribution in [0.5, 0.6) is 11.5 Å². The average molecular weight is 312 g/mol. The molecular formula is C12H12N2O4S2. The fraction of sp³-hybridized carbons (Fsp3) is 0.250. The molecule has 0 amide bonds. The number of nitrogens with zero attached hydrogens (tertiary/aromatic N) is 1. The molecule has 0 fully saturated rings. The monoisotopic (exact) mass is 312 g/mol. The van der Waals surface area contributed by atoms with Gasteiger partial charge in [-0.15, -0.1) is 11.3 Å². The SMILES string of the molecule is O=S(=O)(NCCc1cncs1)c1ccc2c(c1)OCO2. The van der Waals surface area contributed by atoms with Crippen LogP contribution in [0.1, 0.15) is 4.88 Å². The van der Waals surface area contributed by atoms with Crippen LogP contribution >= 0.6 is 11.3 Å². The molecule has 0 aliphatic carbocycles. The summed E-state index contributed by atoms with van der Waals surface area (Å²) in [6, 6.07) is 4.57. The number of aromatic nitrogens is 1. The highest BCUT2D eigenvalue weighted by Gasteiger charge is 2.19. The second-order valence-electron chi connectivity index (χ2n) is 4.13. The van der Waals surface area contributed by atoms with Crippen LogP contribution in [0.25, 0.3) is 0 Å². The molecule has 2 heterocycles. The first-order valence-electron chi connectivity index (χ1n) is 5.92. The number of hydrogen-bond acceptors (Lipinski definition) is 6. The van der Waals surface area contributed by atoms with E-state index in [0.29, 0.717) is 24.5 Å². The van der Waals surface area contributed by atoms with E-state index >= 15 is 0 Å². The van der Waals surface area contributed by atoms with E-state index in [-0.39, 0.29) is 11.7 Å². The molecule has 1 aromatic carbocycles. The predicted octanol–water partition coefficient (Wildman–Crippen LogP) is 1.39. The van der Waals surface area contributed by atoms with Crippen molar-refractivity contribution in [2.45, 2.75) is 11.3 Å². The molecule has 1 aromatic heterocycles. The van der Waals surface area contributed by atoms with Gasteiger partial charge >= 0.3 is 0 Å². The summed E-state index contributed by atoms with van der Waals surface area (Å²) in [5.41, 5.74) is 1.72. The second-order valence-corrected chi connectivity index (χ2v) is 6.87. The van der Waals surface area contributed by atoms with Gasteiger partial charge in [-0.25, -0.2) is 13.1 Å². The molecule has 0 bridgehead atoms. The summed E-state index contributed by atoms with van der Waals surface area (Å²) in [4.78, 5) is 5.16. The molecule has 6 nitrogen and oxygen atoms in total. The average Bonchev–Trinajstić information content (AvgIpc) is 3.08. The van der Waals surface area contributed by atoms with E-state index in [1.807, 2.05) is 0 Å². The zero-order chi connectivity index (χ0) is 14.0. The van der Waals surface area contributed by atoms with E-state index in [0.717, 1.165) is 4.88 Å². The predicted molar refractivity (Wildman–Crippen MR) is 73.6 cm³/mol. The molecule has 0 spiro atoms. The first kappa shape index (κ1) is 13.3. The summed E-state index contributed by atoms with van der Waals surface area (Å²) >= 11 is 1.50. The van der Waals surface area contributed by atoms with Gasteiger partial charge in [0.1, 0.15) is 0 Å². The zero-order valence-electron chi connectivity index (χ0n) is 10.4. The highest BCUT2D eigenvalue weighted by Crippen LogP contribution is 2.33. The van der Waals surface area contributed by atoms with Gasteiger partial charge in [-0.2, -0.15) is 0 Å². The van der Waals surface area contributed by atoms with Crippen molar-refractivity contribution in [2.24, 2.45) is 0 Å². The lowest BCUT2D eigenvalue weighted by Crippen LogP contribution is -2.25. The Labute approximate surface area is 120 Å². The molecule has 0 atom stereocenters. The Bertz CT molecular complexity index is 698. The molecule has 2 aromatic rings. The fourth-order valence-corrected chi connectivity index (χ4v) is 3.45. The smallest absolute Gasteiger partial charge is 0.240 e. The maximum Gasteiger partial charge on any atom is 0.240 e. The van der Waals surface area contributed by atoms with E-state index in [2.05, 4.69) is 9.71 Å². The van der Waals surface area contributed by atoms with Gasteiger partial charge in [-0.3, -0.25) is 4.98 Å². The normalized spacial score (nSPS) is 13.6. The van der Waals surface area contributed by atoms with Gasteiger partial charge in [0.25, 0.3) is 0 Å². The number of sulfonamides is 1. The summed E-state index contributed by atoms with van der Waals surface area (Å²) in [6.07, 6.45) is 2.36. The number of ether oxygens (including phenoxy) is 2. The van der Waals surface area contributed by atoms with E-state index in [1.54, 1.807) is 17.8 Å². The minimum atomic E-state index is -3.54. The van der Waals surface area contributed by atoms with Crippen molar-refractivity contribution in [1.29, 1.82) is 0 Å². The maximum atomic E-state index is 12.1. The zero-order valence-corrected chi connectivity index (χ0v) is 12.0. The van der Waals surface area contributed by atoms with E-state index in [9.17, 15) is 8.42 Å². The van der Waals surface area contributed by atoms with Gasteiger partial charge in [0.2, 0.25) is 16.8 Å². The summed E-state index contributed by atoms with van der Waals surface area (Å²) in [5.74, 6) is 1.02. The van der Waals surface area contributed by atoms with Crippen LogP contribution in [0.2, 0.25) is 0 Å². The summed E-state index contributed by atoms with van der Waals surface area (Å²) < 4.78 is 37.2. The highest BCUT2D eigenvalue weighted by atomic mass is 32.2. The van der Waals surface area contributed by atoms with Crippen LogP contribution in [-0.2, 0) is 16.4 Å². The van der Waals surface area contributed by atoms with Crippen LogP contribution in [0.4, 0.5) is 0 Å². The molecule has 3 rings (SSSR count). The van der Waals surface area contributed by atoms with Crippen LogP contribution in [0, 0.1) is 0 Å². The largest absolute Gasteiger partial charge is 0.454 e. The maximum absolute atomic E-state index is 12.1. The van der Waals surface area contributed by atoms with Gasteiger partial charge in [0.05, 0.1) is 10.4 Å². The van der Waals surface area contributed by atoms with Gasteiger partial charge in [-0.05, 0) is 18.6 Å². The number of fused-ring (bicyclic) bond motifs is 1. The van der Waals surface area contributed by atoms with Crippen molar-refractivity contribution in [3.8, 4) is 11.5 Å². The summed E-state index contributed by atoms with van der Waals surface area (Å²) in [5, 5.41) is 0. The van der Waals surface area contributed by atoms with E-state index in [4.69, 9.17) is 9.47 Å². The molecule has 0 unspecified atom stereocenters. The third kappa shape index (κ3) is 2.77. The van der Waals surface area contributed by atoms with Crippen molar-refractivity contribution in [3.63, 3.8) is 0 Å². The standard InChI is InChI=1S/C12H12N2O4S2/c15-20(16,14-4-3-9-6-13-7-19-9)10-1-2-11-12(5-10)18-8-17-11/h1-2,5-7,14H,3-4,8H2. The number of thiazole rings is 1. The minimum absolute atomic E-state index is 0.123. The van der Waals surface area contributed by atoms with E-state index < -0.39 is 10.0 Å². The topological polar surface area (TPSA) is 77.5 Å². The molecule has 1 aliphatic heterocycles. The van der Waals surface area contributed by atoms with Crippen LogP contribution in [0.15, 0.2) is 34.8 Å². The van der Waals surface area contributed by atoms with Gasteiger partial charge < -0.3 is 9.47 Å². The molecule has 0 radical (unpaired) electrons. The number of nitrogens with one attached hydrogen (secondary N) is 1. The highest BCUT2D eigenvalue weighted by molar-refractivity contribution is 7.89. The molecule has 1 aliphatic rings. The van der Waals surface area contributed by atoms with Crippen molar-refractivity contribution >= 4 is 21.4 Å². The second kappa shape index (κ2) is 5.39. The van der Waals surface area contributed by atoms with Gasteiger partial charge in [0.15, 0.2) is 11.5 Å². The number of benzene rings is 1. The van der Waals surface area contributed by atoms with Crippen LogP contribution in [0.3, 0.4) is 0 Å². The molecule has 1 N–H and O–H groups in total. The molecule has 8 heteroatoms. The third-order valence-electron chi connectivity index (χ3n) is 2.80. The van der Waals surface area contributed by atoms with Crippen molar-refractivity contribution in [1.82, 2.24) is 9.71 Å². The Morgan fingerprint density at radius 1 is 1.30 bits per heavy atom. The van der Waals surface area contributed by atoms with Gasteiger partial charge in [-0.1, -0.05) is 0 Å². The van der Waals surface area contributed by atoms with Crippen LogP contribution in [-0.4, -0.2) is 26.7 Å².